The van der Waals surface area contributed by atoms with Gasteiger partial charge in [-0.2, -0.15) is 0 Å². The standard InChI is InChI=1S/C52H32N2O2/c1-2-18-39-33(13-1)29-30-43-50-38(22-11-27-48(50)56-52(39)43)34-14-9-15-35(31-34)53(46-25-12-28-49-51(46)42-21-5-8-26-47(42)55-49)36-16-10-17-37(32-36)54-44-23-6-3-19-40(44)41-20-4-7-24-45(41)54/h1-32H. The first-order valence-corrected chi connectivity index (χ1v) is 19.0. The van der Waals surface area contributed by atoms with Gasteiger partial charge in [0.1, 0.15) is 22.3 Å². The molecule has 4 nitrogen and oxygen atoms in total. The summed E-state index contributed by atoms with van der Waals surface area (Å²) in [4.78, 5) is 2.38. The van der Waals surface area contributed by atoms with Crippen LogP contribution in [0.3, 0.4) is 0 Å². The van der Waals surface area contributed by atoms with Crippen LogP contribution < -0.4 is 4.90 Å². The van der Waals surface area contributed by atoms with E-state index in [1.54, 1.807) is 0 Å². The quantitative estimate of drug-likeness (QED) is 0.178. The summed E-state index contributed by atoms with van der Waals surface area (Å²) in [5, 5.41) is 9.16. The van der Waals surface area contributed by atoms with Gasteiger partial charge in [-0.3, -0.25) is 0 Å². The number of hydrogen-bond donors (Lipinski definition) is 0. The predicted octanol–water partition coefficient (Wildman–Crippen LogP) is 14.9. The molecule has 4 heteroatoms. The molecule has 12 rings (SSSR count). The zero-order chi connectivity index (χ0) is 36.7. The first-order chi connectivity index (χ1) is 27.8. The average Bonchev–Trinajstić information content (AvgIpc) is 3.94. The maximum Gasteiger partial charge on any atom is 0.143 e. The lowest BCUT2D eigenvalue weighted by atomic mass is 9.97. The topological polar surface area (TPSA) is 34.5 Å². The van der Waals surface area contributed by atoms with Gasteiger partial charge in [-0.15, -0.1) is 0 Å². The molecule has 0 N–H and O–H groups in total. The van der Waals surface area contributed by atoms with Gasteiger partial charge in [-0.25, -0.2) is 0 Å². The highest BCUT2D eigenvalue weighted by atomic mass is 16.3. The summed E-state index contributed by atoms with van der Waals surface area (Å²) in [6.07, 6.45) is 0. The molecule has 0 atom stereocenters. The van der Waals surface area contributed by atoms with Crippen molar-refractivity contribution < 1.29 is 8.83 Å². The van der Waals surface area contributed by atoms with Crippen LogP contribution in [0.5, 0.6) is 0 Å². The Hall–Kier alpha value is -7.56. The van der Waals surface area contributed by atoms with Crippen molar-refractivity contribution in [1.29, 1.82) is 0 Å². The molecule has 0 saturated carbocycles. The Morgan fingerprint density at radius 1 is 0.393 bits per heavy atom. The van der Waals surface area contributed by atoms with Gasteiger partial charge in [0.25, 0.3) is 0 Å². The van der Waals surface area contributed by atoms with Crippen LogP contribution in [-0.2, 0) is 0 Å². The number of rotatable bonds is 5. The molecule has 0 saturated heterocycles. The van der Waals surface area contributed by atoms with E-state index in [0.29, 0.717) is 0 Å². The van der Waals surface area contributed by atoms with E-state index in [9.17, 15) is 0 Å². The van der Waals surface area contributed by atoms with Crippen LogP contribution in [0.4, 0.5) is 17.1 Å². The van der Waals surface area contributed by atoms with Crippen LogP contribution in [0.2, 0.25) is 0 Å². The van der Waals surface area contributed by atoms with E-state index >= 15 is 0 Å². The summed E-state index contributed by atoms with van der Waals surface area (Å²) in [6.45, 7) is 0. The molecule has 0 unspecified atom stereocenters. The highest BCUT2D eigenvalue weighted by molar-refractivity contribution is 6.19. The van der Waals surface area contributed by atoms with E-state index in [1.165, 1.54) is 27.2 Å². The van der Waals surface area contributed by atoms with Gasteiger partial charge in [0.2, 0.25) is 0 Å². The largest absolute Gasteiger partial charge is 0.456 e. The van der Waals surface area contributed by atoms with Crippen LogP contribution in [-0.4, -0.2) is 4.57 Å². The Morgan fingerprint density at radius 3 is 1.84 bits per heavy atom. The molecule has 0 aliphatic carbocycles. The van der Waals surface area contributed by atoms with Crippen molar-refractivity contribution in [3.8, 4) is 16.8 Å². The Balaban J connectivity index is 1.10. The summed E-state index contributed by atoms with van der Waals surface area (Å²) in [7, 11) is 0. The Kier molecular flexibility index (Phi) is 6.60. The SMILES string of the molecule is c1cc(-c2cccc3oc4c5ccccc5ccc4c23)cc(N(c2cccc(-n3c4ccccc4c4ccccc43)c2)c2cccc3oc4ccccc4c23)c1. The zero-order valence-electron chi connectivity index (χ0n) is 30.2. The molecule has 9 aromatic carbocycles. The molecular formula is C52H32N2O2. The smallest absolute Gasteiger partial charge is 0.143 e. The summed E-state index contributed by atoms with van der Waals surface area (Å²) < 4.78 is 15.4. The average molecular weight is 717 g/mol. The van der Waals surface area contributed by atoms with Gasteiger partial charge in [-0.1, -0.05) is 121 Å². The number of para-hydroxylation sites is 3. The number of hydrogen-bond acceptors (Lipinski definition) is 3. The molecule has 3 heterocycles. The number of benzene rings is 9. The van der Waals surface area contributed by atoms with Crippen molar-refractivity contribution in [3.63, 3.8) is 0 Å². The number of fused-ring (bicyclic) bond motifs is 11. The first kappa shape index (κ1) is 30.9. The molecule has 56 heavy (non-hydrogen) atoms. The molecule has 3 aromatic heterocycles. The van der Waals surface area contributed by atoms with E-state index in [4.69, 9.17) is 8.83 Å². The van der Waals surface area contributed by atoms with Crippen LogP contribution in [0, 0.1) is 0 Å². The third kappa shape index (κ3) is 4.53. The number of nitrogens with zero attached hydrogens (tertiary/aromatic N) is 2. The van der Waals surface area contributed by atoms with Crippen molar-refractivity contribution >= 4 is 93.5 Å². The fourth-order valence-electron chi connectivity index (χ4n) is 8.95. The number of anilines is 3. The Bertz CT molecular complexity index is 3460. The van der Waals surface area contributed by atoms with Gasteiger partial charge in [0.15, 0.2) is 0 Å². The molecule has 0 bridgehead atoms. The van der Waals surface area contributed by atoms with E-state index in [2.05, 4.69) is 191 Å². The van der Waals surface area contributed by atoms with Gasteiger partial charge in [0.05, 0.1) is 22.1 Å². The van der Waals surface area contributed by atoms with Crippen molar-refractivity contribution in [2.75, 3.05) is 4.90 Å². The van der Waals surface area contributed by atoms with E-state index < -0.39 is 0 Å². The molecule has 0 amide bonds. The number of aromatic nitrogens is 1. The molecule has 262 valence electrons. The van der Waals surface area contributed by atoms with Crippen LogP contribution in [0.25, 0.3) is 93.3 Å². The monoisotopic (exact) mass is 716 g/mol. The lowest BCUT2D eigenvalue weighted by Gasteiger charge is -2.27. The second-order valence-corrected chi connectivity index (χ2v) is 14.5. The molecule has 0 spiro atoms. The maximum atomic E-state index is 6.61. The minimum atomic E-state index is 0.852. The van der Waals surface area contributed by atoms with E-state index in [0.717, 1.165) is 83.1 Å². The van der Waals surface area contributed by atoms with Gasteiger partial charge in [0, 0.05) is 49.4 Å². The summed E-state index contributed by atoms with van der Waals surface area (Å²) in [5.41, 5.74) is 12.3. The third-order valence-corrected chi connectivity index (χ3v) is 11.4. The lowest BCUT2D eigenvalue weighted by Crippen LogP contribution is -2.11. The van der Waals surface area contributed by atoms with Gasteiger partial charge < -0.3 is 18.3 Å². The molecule has 12 aromatic rings. The highest BCUT2D eigenvalue weighted by Crippen LogP contribution is 2.46. The normalized spacial score (nSPS) is 11.9. The van der Waals surface area contributed by atoms with Crippen molar-refractivity contribution in [1.82, 2.24) is 4.57 Å². The number of furan rings is 2. The van der Waals surface area contributed by atoms with Gasteiger partial charge in [-0.05, 0) is 89.3 Å². The summed E-state index contributed by atoms with van der Waals surface area (Å²) >= 11 is 0. The minimum absolute atomic E-state index is 0.852. The molecule has 0 aliphatic heterocycles. The van der Waals surface area contributed by atoms with Crippen molar-refractivity contribution in [2.45, 2.75) is 0 Å². The van der Waals surface area contributed by atoms with Crippen molar-refractivity contribution in [3.05, 3.63) is 194 Å². The molecular weight excluding hydrogens is 685 g/mol. The molecule has 0 aliphatic rings. The van der Waals surface area contributed by atoms with Crippen molar-refractivity contribution in [2.24, 2.45) is 0 Å². The van der Waals surface area contributed by atoms with Crippen LogP contribution in [0.15, 0.2) is 203 Å². The Labute approximate surface area is 321 Å². The summed E-state index contributed by atoms with van der Waals surface area (Å²) in [6, 6.07) is 69.0. The van der Waals surface area contributed by atoms with E-state index in [-0.39, 0.29) is 0 Å². The first-order valence-electron chi connectivity index (χ1n) is 19.0. The molecule has 0 radical (unpaired) electrons. The Morgan fingerprint density at radius 2 is 1.02 bits per heavy atom. The van der Waals surface area contributed by atoms with E-state index in [1.807, 2.05) is 12.1 Å². The van der Waals surface area contributed by atoms with Crippen LogP contribution in [0.1, 0.15) is 0 Å². The fourth-order valence-corrected chi connectivity index (χ4v) is 8.95. The van der Waals surface area contributed by atoms with Gasteiger partial charge >= 0.3 is 0 Å². The summed E-state index contributed by atoms with van der Waals surface area (Å²) in [5.74, 6) is 0. The maximum absolute atomic E-state index is 6.61. The second kappa shape index (κ2) is 12.0. The zero-order valence-corrected chi connectivity index (χ0v) is 30.2. The fraction of sp³-hybridized carbons (Fsp3) is 0. The molecule has 0 fully saturated rings. The highest BCUT2D eigenvalue weighted by Gasteiger charge is 2.22. The predicted molar refractivity (Wildman–Crippen MR) is 233 cm³/mol. The lowest BCUT2D eigenvalue weighted by molar-refractivity contribution is 0.669. The van der Waals surface area contributed by atoms with Crippen LogP contribution >= 0.6 is 0 Å². The second-order valence-electron chi connectivity index (χ2n) is 14.5. The third-order valence-electron chi connectivity index (χ3n) is 11.4. The minimum Gasteiger partial charge on any atom is -0.456 e.